The Labute approximate surface area is 394 Å². The van der Waals surface area contributed by atoms with Crippen LogP contribution < -0.4 is 5.19 Å². The third kappa shape index (κ3) is 9.35. The molecule has 5 nitrogen and oxygen atoms in total. The molecule has 0 unspecified atom stereocenters. The monoisotopic (exact) mass is 1040 g/mol. The predicted octanol–water partition coefficient (Wildman–Crippen LogP) is 15.1. The summed E-state index contributed by atoms with van der Waals surface area (Å²) >= 11 is 0. The van der Waals surface area contributed by atoms with E-state index in [1.807, 2.05) is 24.3 Å². The smallest absolute Gasteiger partial charge is 0.216 e. The van der Waals surface area contributed by atoms with Crippen molar-refractivity contribution in [3.8, 4) is 39.5 Å². The molecule has 9 rings (SSSR count). The van der Waals surface area contributed by atoms with Crippen LogP contribution in [0.3, 0.4) is 0 Å². The molecule has 64 heavy (non-hydrogen) atoms. The molecule has 4 heterocycles. The number of imidazole rings is 1. The molecule has 0 aliphatic carbocycles. The van der Waals surface area contributed by atoms with Crippen LogP contribution in [0, 0.1) is 18.1 Å². The first-order valence-electron chi connectivity index (χ1n) is 22.6. The van der Waals surface area contributed by atoms with E-state index < -0.39 is 8.07 Å². The van der Waals surface area contributed by atoms with E-state index in [-0.39, 0.29) is 31.9 Å². The average molecular weight is 1040 g/mol. The van der Waals surface area contributed by atoms with E-state index in [0.717, 1.165) is 56.5 Å². The van der Waals surface area contributed by atoms with Gasteiger partial charge in [-0.25, -0.2) is 4.98 Å². The van der Waals surface area contributed by atoms with Gasteiger partial charge < -0.3 is 14.0 Å². The summed E-state index contributed by atoms with van der Waals surface area (Å²) in [6, 6.07) is 47.3. The molecule has 0 saturated carbocycles. The van der Waals surface area contributed by atoms with E-state index in [4.69, 9.17) is 9.40 Å². The van der Waals surface area contributed by atoms with Crippen molar-refractivity contribution in [1.82, 2.24) is 19.5 Å². The Balaban J connectivity index is 0.000000246. The van der Waals surface area contributed by atoms with Gasteiger partial charge in [0.05, 0.1) is 30.5 Å². The van der Waals surface area contributed by atoms with Crippen LogP contribution in [0.2, 0.25) is 19.6 Å². The van der Waals surface area contributed by atoms with Crippen LogP contribution in [0.4, 0.5) is 0 Å². The first-order chi connectivity index (χ1) is 30.2. The molecule has 4 aromatic heterocycles. The largest absolute Gasteiger partial charge is 0.486 e. The maximum atomic E-state index is 6.55. The van der Waals surface area contributed by atoms with Gasteiger partial charge in [-0.15, -0.1) is 53.6 Å². The van der Waals surface area contributed by atoms with E-state index in [1.54, 1.807) is 6.20 Å². The van der Waals surface area contributed by atoms with Crippen molar-refractivity contribution in [2.75, 3.05) is 0 Å². The molecule has 329 valence electrons. The van der Waals surface area contributed by atoms with Gasteiger partial charge in [0.2, 0.25) is 5.71 Å². The Morgan fingerprint density at radius 1 is 0.688 bits per heavy atom. The summed E-state index contributed by atoms with van der Waals surface area (Å²) in [5, 5.41) is 3.61. The van der Waals surface area contributed by atoms with Crippen LogP contribution in [-0.4, -0.2) is 27.6 Å². The molecule has 0 aliphatic heterocycles. The summed E-state index contributed by atoms with van der Waals surface area (Å²) in [5.41, 5.74) is 15.3. The first-order valence-corrected chi connectivity index (χ1v) is 26.1. The average Bonchev–Trinajstić information content (AvgIpc) is 3.85. The number of fused-ring (bicyclic) bond motifs is 4. The molecule has 0 amide bonds. The summed E-state index contributed by atoms with van der Waals surface area (Å²) < 4.78 is 8.91. The normalized spacial score (nSPS) is 11.9. The number of pyridine rings is 2. The second-order valence-electron chi connectivity index (χ2n) is 19.2. The topological polar surface area (TPSA) is 56.7 Å². The molecule has 9 aromatic rings. The number of nitrogens with zero attached hydrogens (tertiary/aromatic N) is 4. The Bertz CT molecular complexity index is 3000. The number of furan rings is 1. The van der Waals surface area contributed by atoms with Crippen LogP contribution in [0.1, 0.15) is 95.4 Å². The van der Waals surface area contributed by atoms with Gasteiger partial charge in [0, 0.05) is 43.6 Å². The van der Waals surface area contributed by atoms with Crippen molar-refractivity contribution in [3.05, 3.63) is 162 Å². The summed E-state index contributed by atoms with van der Waals surface area (Å²) in [6.07, 6.45) is 5.03. The van der Waals surface area contributed by atoms with Crippen molar-refractivity contribution < 1.29 is 24.5 Å². The maximum Gasteiger partial charge on any atom is 0.216 e. The second-order valence-corrected chi connectivity index (χ2v) is 24.3. The van der Waals surface area contributed by atoms with Gasteiger partial charge >= 0.3 is 0 Å². The molecular weight excluding hydrogens is 977 g/mol. The molecule has 0 bridgehead atoms. The van der Waals surface area contributed by atoms with Gasteiger partial charge in [0.25, 0.3) is 0 Å². The summed E-state index contributed by atoms with van der Waals surface area (Å²) in [4.78, 5) is 14.6. The van der Waals surface area contributed by atoms with Crippen molar-refractivity contribution in [1.29, 1.82) is 0 Å². The zero-order valence-corrected chi connectivity index (χ0v) is 42.6. The van der Waals surface area contributed by atoms with Crippen LogP contribution in [0.15, 0.2) is 132 Å². The second kappa shape index (κ2) is 19.3. The Hall–Kier alpha value is -5.46. The van der Waals surface area contributed by atoms with E-state index in [1.165, 1.54) is 44.3 Å². The van der Waals surface area contributed by atoms with Gasteiger partial charge in [-0.2, -0.15) is 0 Å². The van der Waals surface area contributed by atoms with Gasteiger partial charge in [-0.05, 0) is 93.7 Å². The summed E-state index contributed by atoms with van der Waals surface area (Å²) in [7, 11) is -1.34. The Morgan fingerprint density at radius 3 is 2.00 bits per heavy atom. The molecule has 5 aromatic carbocycles. The Morgan fingerprint density at radius 2 is 1.36 bits per heavy atom. The third-order valence-corrected chi connectivity index (χ3v) is 14.0. The minimum absolute atomic E-state index is 0. The quantitative estimate of drug-likeness (QED) is 0.101. The number of para-hydroxylation sites is 2. The zero-order chi connectivity index (χ0) is 44.6. The SMILES string of the molecule is CC(C)Cc1cc(-c2[c-]cccc2)ncc1[Si](C)(C)C.CC(C)c1cc(-c2ccccc2)cc(C(C)C)c1-n1c(-c2[c-]cc(C(C)C)c3c2oc2ncccc23)nc2ccccc21.[Ir]. The van der Waals surface area contributed by atoms with Crippen molar-refractivity contribution >= 4 is 46.4 Å². The van der Waals surface area contributed by atoms with Gasteiger partial charge in [0.1, 0.15) is 0 Å². The van der Waals surface area contributed by atoms with Crippen LogP contribution in [-0.2, 0) is 26.5 Å². The summed E-state index contributed by atoms with van der Waals surface area (Å²) in [5.74, 6) is 2.37. The van der Waals surface area contributed by atoms with Crippen molar-refractivity contribution in [2.24, 2.45) is 5.92 Å². The molecule has 0 spiro atoms. The molecule has 0 N–H and O–H groups in total. The minimum atomic E-state index is -1.34. The molecule has 7 heteroatoms. The summed E-state index contributed by atoms with van der Waals surface area (Å²) in [6.45, 7) is 25.3. The van der Waals surface area contributed by atoms with Gasteiger partial charge in [-0.3, -0.25) is 4.98 Å². The standard InChI is InChI=1S/C39H36N3O.C18H24NSi.Ir/c1-23(2)28-18-19-30(37-35(28)29-15-12-20-40-39(29)43-37)38-41-33-16-10-11-17-34(33)42(38)36-31(24(3)4)21-27(22-32(36)25(5)6)26-13-8-7-9-14-26;1-14(2)11-16-12-17(15-9-7-6-8-10-15)19-13-18(16)20(3,4)5;/h7-18,20-25H,1-6H3;6-9,12-14H,11H2,1-5H3;/q2*-1;. The predicted molar refractivity (Wildman–Crippen MR) is 268 cm³/mol. The fourth-order valence-electron chi connectivity index (χ4n) is 8.82. The number of aromatic nitrogens is 4. The van der Waals surface area contributed by atoms with E-state index in [0.29, 0.717) is 17.5 Å². The molecule has 0 fully saturated rings. The number of benzene rings is 5. The van der Waals surface area contributed by atoms with Gasteiger partial charge in [0.15, 0.2) is 0 Å². The fourth-order valence-corrected chi connectivity index (χ4v) is 10.4. The zero-order valence-electron chi connectivity index (χ0n) is 39.2. The van der Waals surface area contributed by atoms with Crippen LogP contribution >= 0.6 is 0 Å². The molecule has 0 aliphatic rings. The number of hydrogen-bond donors (Lipinski definition) is 0. The van der Waals surface area contributed by atoms with Crippen molar-refractivity contribution in [2.45, 2.75) is 99.2 Å². The van der Waals surface area contributed by atoms with E-state index >= 15 is 0 Å². The Kier molecular flexibility index (Phi) is 14.1. The van der Waals surface area contributed by atoms with E-state index in [2.05, 4.69) is 199 Å². The third-order valence-electron chi connectivity index (χ3n) is 11.9. The molecule has 0 saturated heterocycles. The molecule has 0 atom stereocenters. The fraction of sp³-hybridized carbons (Fsp3) is 0.281. The van der Waals surface area contributed by atoms with Crippen LogP contribution in [0.5, 0.6) is 0 Å². The minimum Gasteiger partial charge on any atom is -0.486 e. The number of rotatable bonds is 10. The van der Waals surface area contributed by atoms with E-state index in [9.17, 15) is 0 Å². The van der Waals surface area contributed by atoms with Crippen LogP contribution in [0.25, 0.3) is 72.6 Å². The van der Waals surface area contributed by atoms with Gasteiger partial charge in [-0.1, -0.05) is 146 Å². The first kappa shape index (κ1) is 46.5. The maximum absolute atomic E-state index is 6.55. The molecule has 1 radical (unpaired) electrons. The number of hydrogen-bond acceptors (Lipinski definition) is 4. The van der Waals surface area contributed by atoms with Crippen molar-refractivity contribution in [3.63, 3.8) is 0 Å². The molecular formula is C57H60IrN4OSi-2.